The summed E-state index contributed by atoms with van der Waals surface area (Å²) < 4.78 is 115. The van der Waals surface area contributed by atoms with Gasteiger partial charge in [0.2, 0.25) is 5.91 Å². The number of rotatable bonds is 8. The van der Waals surface area contributed by atoms with E-state index in [9.17, 15) is 49.1 Å². The van der Waals surface area contributed by atoms with Gasteiger partial charge < -0.3 is 4.90 Å². The highest BCUT2D eigenvalue weighted by molar-refractivity contribution is 5.96. The second-order valence-corrected chi connectivity index (χ2v) is 6.02. The Labute approximate surface area is 148 Å². The molecule has 3 amide bonds. The highest BCUT2D eigenvalue weighted by Gasteiger charge is 2.81. The summed E-state index contributed by atoms with van der Waals surface area (Å²) in [4.78, 5) is 25.0. The van der Waals surface area contributed by atoms with Gasteiger partial charge in [-0.1, -0.05) is 13.3 Å². The van der Waals surface area contributed by atoms with Gasteiger partial charge >= 0.3 is 30.0 Å². The van der Waals surface area contributed by atoms with Crippen LogP contribution in [0.4, 0.5) is 44.3 Å². The van der Waals surface area contributed by atoms with Crippen molar-refractivity contribution in [2.45, 2.75) is 56.6 Å². The van der Waals surface area contributed by atoms with Crippen LogP contribution in [0.1, 0.15) is 32.6 Å². The van der Waals surface area contributed by atoms with Gasteiger partial charge in [-0.15, -0.1) is 0 Å². The Kier molecular flexibility index (Phi) is 6.69. The van der Waals surface area contributed by atoms with Gasteiger partial charge in [-0.2, -0.15) is 39.5 Å². The zero-order chi connectivity index (χ0) is 21.3. The van der Waals surface area contributed by atoms with E-state index in [2.05, 4.69) is 0 Å². The van der Waals surface area contributed by atoms with Gasteiger partial charge in [0, 0.05) is 32.5 Å². The number of alkyl halides is 9. The van der Waals surface area contributed by atoms with Gasteiger partial charge in [-0.05, 0) is 6.42 Å². The van der Waals surface area contributed by atoms with Crippen LogP contribution in [0, 0.1) is 0 Å². The third-order valence-corrected chi connectivity index (χ3v) is 4.04. The molecule has 0 unspecified atom stereocenters. The fourth-order valence-electron chi connectivity index (χ4n) is 2.33. The molecule has 1 saturated heterocycles. The SMILES string of the molecule is CCCCN1CCC(=O)N(CCC(F)(F)C(F)(F)C(F)(F)C(F)(F)F)C1=O. The second kappa shape index (κ2) is 7.74. The number of amides is 3. The number of nitrogens with zero attached hydrogens (tertiary/aromatic N) is 2. The lowest BCUT2D eigenvalue weighted by Crippen LogP contribution is -2.62. The maximum absolute atomic E-state index is 13.5. The maximum Gasteiger partial charge on any atom is 0.460 e. The molecule has 1 heterocycles. The number of carbonyl (C=O) groups excluding carboxylic acids is 2. The van der Waals surface area contributed by atoms with E-state index in [0.29, 0.717) is 12.8 Å². The molecule has 0 atom stereocenters. The number of carbonyl (C=O) groups is 2. The van der Waals surface area contributed by atoms with Crippen molar-refractivity contribution >= 4 is 11.9 Å². The van der Waals surface area contributed by atoms with Crippen LogP contribution in [0.2, 0.25) is 0 Å². The molecule has 158 valence electrons. The zero-order valence-corrected chi connectivity index (χ0v) is 14.1. The van der Waals surface area contributed by atoms with Gasteiger partial charge in [0.15, 0.2) is 0 Å². The molecule has 27 heavy (non-hydrogen) atoms. The first kappa shape index (κ1) is 23.3. The zero-order valence-electron chi connectivity index (χ0n) is 14.1. The molecule has 0 aliphatic carbocycles. The van der Waals surface area contributed by atoms with E-state index in [4.69, 9.17) is 0 Å². The summed E-state index contributed by atoms with van der Waals surface area (Å²) in [5.74, 6) is -20.6. The molecular formula is C14H17F9N2O2. The van der Waals surface area contributed by atoms with Gasteiger partial charge in [0.1, 0.15) is 0 Å². The number of imide groups is 1. The van der Waals surface area contributed by atoms with Crippen LogP contribution < -0.4 is 0 Å². The molecule has 4 nitrogen and oxygen atoms in total. The third-order valence-electron chi connectivity index (χ3n) is 4.04. The fraction of sp³-hybridized carbons (Fsp3) is 0.857. The molecule has 0 aromatic heterocycles. The first-order valence-corrected chi connectivity index (χ1v) is 7.89. The minimum atomic E-state index is -6.99. The fourth-order valence-corrected chi connectivity index (χ4v) is 2.33. The summed E-state index contributed by atoms with van der Waals surface area (Å²) in [6.45, 7) is 0.475. The summed E-state index contributed by atoms with van der Waals surface area (Å²) in [6.07, 6.45) is -8.32. The van der Waals surface area contributed by atoms with Gasteiger partial charge in [0.05, 0.1) is 0 Å². The van der Waals surface area contributed by atoms with Crippen molar-refractivity contribution in [2.24, 2.45) is 0 Å². The van der Waals surface area contributed by atoms with Crippen LogP contribution in [0.15, 0.2) is 0 Å². The Balaban J connectivity index is 2.93. The number of hydrogen-bond acceptors (Lipinski definition) is 2. The van der Waals surface area contributed by atoms with Gasteiger partial charge in [-0.25, -0.2) is 4.79 Å². The molecule has 0 radical (unpaired) electrons. The van der Waals surface area contributed by atoms with Crippen LogP contribution in [0.25, 0.3) is 0 Å². The predicted octanol–water partition coefficient (Wildman–Crippen LogP) is 4.30. The number of hydrogen-bond donors (Lipinski definition) is 0. The summed E-state index contributed by atoms with van der Waals surface area (Å²) in [5, 5.41) is 0. The Morgan fingerprint density at radius 1 is 0.889 bits per heavy atom. The molecule has 1 aliphatic rings. The minimum absolute atomic E-state index is 0.0349. The van der Waals surface area contributed by atoms with Crippen molar-refractivity contribution in [3.05, 3.63) is 0 Å². The Morgan fingerprint density at radius 3 is 1.93 bits per heavy atom. The quantitative estimate of drug-likeness (QED) is 0.554. The van der Waals surface area contributed by atoms with E-state index < -0.39 is 48.8 Å². The van der Waals surface area contributed by atoms with E-state index in [1.54, 1.807) is 6.92 Å². The topological polar surface area (TPSA) is 40.6 Å². The molecule has 0 aromatic carbocycles. The molecule has 0 bridgehead atoms. The predicted molar refractivity (Wildman–Crippen MR) is 73.7 cm³/mol. The monoisotopic (exact) mass is 416 g/mol. The number of unbranched alkanes of at least 4 members (excludes halogenated alkanes) is 1. The molecule has 0 saturated carbocycles. The van der Waals surface area contributed by atoms with E-state index >= 15 is 0 Å². The first-order chi connectivity index (χ1) is 12.1. The summed E-state index contributed by atoms with van der Waals surface area (Å²) in [7, 11) is 0. The molecule has 1 rings (SSSR count). The summed E-state index contributed by atoms with van der Waals surface area (Å²) >= 11 is 0. The molecule has 0 spiro atoms. The lowest BCUT2D eigenvalue weighted by molar-refractivity contribution is -0.396. The molecule has 0 N–H and O–H groups in total. The Morgan fingerprint density at radius 2 is 1.44 bits per heavy atom. The average molecular weight is 416 g/mol. The van der Waals surface area contributed by atoms with Crippen molar-refractivity contribution in [2.75, 3.05) is 19.6 Å². The van der Waals surface area contributed by atoms with Crippen LogP contribution in [0.3, 0.4) is 0 Å². The van der Waals surface area contributed by atoms with E-state index in [1.165, 1.54) is 0 Å². The lowest BCUT2D eigenvalue weighted by atomic mass is 10.0. The number of halogens is 9. The van der Waals surface area contributed by atoms with Crippen molar-refractivity contribution in [1.29, 1.82) is 0 Å². The van der Waals surface area contributed by atoms with Crippen LogP contribution >= 0.6 is 0 Å². The molecule has 1 aliphatic heterocycles. The highest BCUT2D eigenvalue weighted by atomic mass is 19.4. The summed E-state index contributed by atoms with van der Waals surface area (Å²) in [5.41, 5.74) is 0. The van der Waals surface area contributed by atoms with Crippen molar-refractivity contribution in [3.63, 3.8) is 0 Å². The van der Waals surface area contributed by atoms with Crippen molar-refractivity contribution < 1.29 is 49.1 Å². The largest absolute Gasteiger partial charge is 0.460 e. The van der Waals surface area contributed by atoms with Crippen molar-refractivity contribution in [3.8, 4) is 0 Å². The van der Waals surface area contributed by atoms with Gasteiger partial charge in [-0.3, -0.25) is 9.69 Å². The van der Waals surface area contributed by atoms with E-state index in [-0.39, 0.29) is 24.4 Å². The van der Waals surface area contributed by atoms with Gasteiger partial charge in [0.25, 0.3) is 0 Å². The van der Waals surface area contributed by atoms with Crippen LogP contribution in [-0.2, 0) is 4.79 Å². The highest BCUT2D eigenvalue weighted by Crippen LogP contribution is 2.54. The number of urea groups is 1. The van der Waals surface area contributed by atoms with E-state index in [1.807, 2.05) is 0 Å². The Bertz CT molecular complexity index is 563. The molecular weight excluding hydrogens is 399 g/mol. The minimum Gasteiger partial charge on any atom is -0.324 e. The maximum atomic E-state index is 13.5. The first-order valence-electron chi connectivity index (χ1n) is 7.89. The van der Waals surface area contributed by atoms with Crippen LogP contribution in [-0.4, -0.2) is 65.3 Å². The van der Waals surface area contributed by atoms with Crippen molar-refractivity contribution in [1.82, 2.24) is 9.80 Å². The molecule has 13 heteroatoms. The smallest absolute Gasteiger partial charge is 0.324 e. The third kappa shape index (κ3) is 4.42. The summed E-state index contributed by atoms with van der Waals surface area (Å²) in [6, 6.07) is -1.08. The van der Waals surface area contributed by atoms with Crippen LogP contribution in [0.5, 0.6) is 0 Å². The normalized spacial score (nSPS) is 17.7. The molecule has 0 aromatic rings. The molecule has 1 fully saturated rings. The lowest BCUT2D eigenvalue weighted by Gasteiger charge is -2.37. The average Bonchev–Trinajstić information content (AvgIpc) is 2.52. The Hall–Kier alpha value is -1.69. The van der Waals surface area contributed by atoms with E-state index in [0.717, 1.165) is 4.90 Å². The second-order valence-electron chi connectivity index (χ2n) is 6.02. The standard InChI is InChI=1S/C14H17F9N2O2/c1-2-3-6-24-7-4-9(26)25(10(24)27)8-5-11(15,16)12(17,18)13(19,20)14(21,22)23/h2-8H2,1H3.